The molecule has 0 aromatic heterocycles. The Morgan fingerprint density at radius 2 is 1.47 bits per heavy atom. The summed E-state index contributed by atoms with van der Waals surface area (Å²) in [6, 6.07) is 37.3. The molecule has 4 aromatic rings. The normalized spacial score (nSPS) is 16.2. The zero-order chi connectivity index (χ0) is 30.8. The average Bonchev–Trinajstić information content (AvgIpc) is 3.62. The van der Waals surface area contributed by atoms with Crippen molar-refractivity contribution in [1.29, 1.82) is 0 Å². The monoisotopic (exact) mass is 599 g/mol. The van der Waals surface area contributed by atoms with Gasteiger partial charge in [0.1, 0.15) is 0 Å². The minimum atomic E-state index is -0.190. The van der Waals surface area contributed by atoms with Gasteiger partial charge < -0.3 is 20.0 Å². The minimum absolute atomic E-state index is 0.0235. The van der Waals surface area contributed by atoms with Crippen LogP contribution in [0.25, 0.3) is 11.1 Å². The molecule has 0 bridgehead atoms. The van der Waals surface area contributed by atoms with Crippen LogP contribution in [0.15, 0.2) is 114 Å². The number of unbranched alkanes of at least 4 members (excludes halogenated alkanes) is 2. The van der Waals surface area contributed by atoms with Gasteiger partial charge in [0.2, 0.25) is 11.9 Å². The molecule has 0 aliphatic carbocycles. The van der Waals surface area contributed by atoms with E-state index in [1.54, 1.807) is 0 Å². The summed E-state index contributed by atoms with van der Waals surface area (Å²) in [5.41, 5.74) is 6.48. The fraction of sp³-hybridized carbons (Fsp3) is 0.333. The quantitative estimate of drug-likeness (QED) is 0.169. The van der Waals surface area contributed by atoms with Crippen LogP contribution < -0.4 is 10.2 Å². The molecule has 1 saturated heterocycles. The Morgan fingerprint density at radius 1 is 0.800 bits per heavy atom. The van der Waals surface area contributed by atoms with Gasteiger partial charge in [0, 0.05) is 31.4 Å². The molecule has 2 aliphatic heterocycles. The van der Waals surface area contributed by atoms with Gasteiger partial charge in [0.15, 0.2) is 0 Å². The fourth-order valence-corrected chi connectivity index (χ4v) is 6.53. The van der Waals surface area contributed by atoms with Crippen LogP contribution in [0.5, 0.6) is 0 Å². The van der Waals surface area contributed by atoms with E-state index in [4.69, 9.17) is 4.99 Å². The van der Waals surface area contributed by atoms with Gasteiger partial charge in [-0.05, 0) is 80.2 Å². The van der Waals surface area contributed by atoms with E-state index in [1.165, 1.54) is 56.4 Å². The Bertz CT molecular complexity index is 1550. The maximum absolute atomic E-state index is 13.5. The van der Waals surface area contributed by atoms with Crippen LogP contribution in [-0.2, 0) is 11.3 Å². The molecule has 6 rings (SSSR count). The number of carbonyl (C=O) groups excluding carboxylic acids is 1. The lowest BCUT2D eigenvalue weighted by molar-refractivity contribution is -0.121. The maximum atomic E-state index is 13.5. The summed E-state index contributed by atoms with van der Waals surface area (Å²) in [6.45, 7) is 5.14. The van der Waals surface area contributed by atoms with E-state index in [-0.39, 0.29) is 11.9 Å². The number of likely N-dealkylation sites (tertiary alicyclic amines) is 1. The molecule has 1 amide bonds. The summed E-state index contributed by atoms with van der Waals surface area (Å²) < 4.78 is 0. The second kappa shape index (κ2) is 15.0. The zero-order valence-corrected chi connectivity index (χ0v) is 26.4. The van der Waals surface area contributed by atoms with Crippen molar-refractivity contribution in [3.8, 4) is 11.1 Å². The van der Waals surface area contributed by atoms with Crippen LogP contribution in [0.1, 0.15) is 55.7 Å². The second-order valence-electron chi connectivity index (χ2n) is 12.3. The van der Waals surface area contributed by atoms with Gasteiger partial charge in [0.25, 0.3) is 0 Å². The highest BCUT2D eigenvalue weighted by Gasteiger charge is 2.34. The number of guanidine groups is 1. The highest BCUT2D eigenvalue weighted by atomic mass is 16.1. The smallest absolute Gasteiger partial charge is 0.222 e. The molecule has 1 N–H and O–H groups in total. The van der Waals surface area contributed by atoms with Crippen LogP contribution in [0.2, 0.25) is 0 Å². The number of amides is 1. The molecule has 4 aromatic carbocycles. The number of nitrogens with one attached hydrogen (secondary N) is 1. The lowest BCUT2D eigenvalue weighted by atomic mass is 9.96. The van der Waals surface area contributed by atoms with E-state index in [0.717, 1.165) is 41.4 Å². The number of para-hydroxylation sites is 1. The number of hydrogen-bond donors (Lipinski definition) is 1. The van der Waals surface area contributed by atoms with E-state index >= 15 is 0 Å². The Kier molecular flexibility index (Phi) is 10.2. The highest BCUT2D eigenvalue weighted by Crippen LogP contribution is 2.40. The summed E-state index contributed by atoms with van der Waals surface area (Å²) in [6.07, 6.45) is 6.55. The van der Waals surface area contributed by atoms with Gasteiger partial charge in [-0.3, -0.25) is 4.79 Å². The molecule has 0 spiro atoms. The van der Waals surface area contributed by atoms with Gasteiger partial charge in [-0.2, -0.15) is 0 Å². The summed E-state index contributed by atoms with van der Waals surface area (Å²) in [5, 5.41) is 3.17. The predicted molar refractivity (Wildman–Crippen MR) is 186 cm³/mol. The van der Waals surface area contributed by atoms with Crippen molar-refractivity contribution in [1.82, 2.24) is 15.1 Å². The molecule has 1 unspecified atom stereocenters. The molecule has 6 heteroatoms. The molecule has 2 heterocycles. The lowest BCUT2D eigenvalue weighted by Gasteiger charge is -2.41. The third kappa shape index (κ3) is 7.81. The van der Waals surface area contributed by atoms with Gasteiger partial charge >= 0.3 is 0 Å². The number of anilines is 1. The first-order chi connectivity index (χ1) is 22.2. The van der Waals surface area contributed by atoms with E-state index in [1.807, 2.05) is 42.5 Å². The average molecular weight is 600 g/mol. The molecule has 1 fully saturated rings. The Morgan fingerprint density at radius 3 is 2.22 bits per heavy atom. The van der Waals surface area contributed by atoms with Crippen molar-refractivity contribution >= 4 is 23.2 Å². The van der Waals surface area contributed by atoms with Crippen LogP contribution in [0.3, 0.4) is 0 Å². The Labute approximate surface area is 268 Å². The number of nitrogens with zero attached hydrogens (tertiary/aromatic N) is 4. The van der Waals surface area contributed by atoms with Crippen molar-refractivity contribution in [2.45, 2.75) is 51.1 Å². The van der Waals surface area contributed by atoms with Crippen molar-refractivity contribution in [3.05, 3.63) is 120 Å². The first kappa shape index (κ1) is 30.6. The van der Waals surface area contributed by atoms with E-state index in [9.17, 15) is 4.79 Å². The number of aliphatic imine (C=N–C) groups is 1. The largest absolute Gasteiger partial charge is 0.352 e. The van der Waals surface area contributed by atoms with Crippen LogP contribution >= 0.6 is 0 Å². The molecule has 1 atom stereocenters. The first-order valence-corrected chi connectivity index (χ1v) is 16.5. The molecule has 2 aliphatic rings. The fourth-order valence-electron chi connectivity index (χ4n) is 6.53. The molecule has 45 heavy (non-hydrogen) atoms. The second-order valence-corrected chi connectivity index (χ2v) is 12.3. The summed E-state index contributed by atoms with van der Waals surface area (Å²) >= 11 is 0. The zero-order valence-electron chi connectivity index (χ0n) is 26.4. The van der Waals surface area contributed by atoms with Crippen LogP contribution in [-0.4, -0.2) is 54.9 Å². The van der Waals surface area contributed by atoms with E-state index < -0.39 is 0 Å². The first-order valence-electron chi connectivity index (χ1n) is 16.5. The summed E-state index contributed by atoms with van der Waals surface area (Å²) in [7, 11) is 2.14. The number of carbonyl (C=O) groups is 1. The lowest BCUT2D eigenvalue weighted by Crippen LogP contribution is -2.47. The standard InChI is InChI=1S/C39H45N5O/c1-42(25-11-4-12-26-43-27-13-14-28-43)39-41-36-20-10-9-19-35(36)37(29-38(45)40-30-31-15-5-2-6-16-31)44(39)34-23-21-33(22-24-34)32-17-7-3-8-18-32/h2-3,5-10,15-24,37H,4,11-14,25-30H2,1H3,(H,40,45). The SMILES string of the molecule is CN(CCCCCN1CCCC1)C1=Nc2ccccc2C(CC(=O)NCc2ccccc2)N1c1ccc(-c2ccccc2)cc1. The van der Waals surface area contributed by atoms with Crippen molar-refractivity contribution < 1.29 is 4.79 Å². The van der Waals surface area contributed by atoms with Crippen LogP contribution in [0.4, 0.5) is 11.4 Å². The van der Waals surface area contributed by atoms with Crippen molar-refractivity contribution in [3.63, 3.8) is 0 Å². The van der Waals surface area contributed by atoms with E-state index in [2.05, 4.69) is 93.8 Å². The van der Waals surface area contributed by atoms with Gasteiger partial charge in [-0.15, -0.1) is 0 Å². The highest BCUT2D eigenvalue weighted by molar-refractivity contribution is 6.01. The third-order valence-corrected chi connectivity index (χ3v) is 9.02. The minimum Gasteiger partial charge on any atom is -0.352 e. The Hall–Kier alpha value is -4.42. The van der Waals surface area contributed by atoms with Crippen LogP contribution in [0, 0.1) is 0 Å². The van der Waals surface area contributed by atoms with Crippen molar-refractivity contribution in [2.24, 2.45) is 4.99 Å². The Balaban J connectivity index is 1.25. The summed E-state index contributed by atoms with van der Waals surface area (Å²) in [5.74, 6) is 0.914. The van der Waals surface area contributed by atoms with Gasteiger partial charge in [0.05, 0.1) is 18.2 Å². The molecule has 6 nitrogen and oxygen atoms in total. The topological polar surface area (TPSA) is 51.2 Å². The van der Waals surface area contributed by atoms with Gasteiger partial charge in [-0.25, -0.2) is 4.99 Å². The molecule has 0 saturated carbocycles. The predicted octanol–water partition coefficient (Wildman–Crippen LogP) is 7.81. The number of hydrogen-bond acceptors (Lipinski definition) is 5. The number of fused-ring (bicyclic) bond motifs is 1. The third-order valence-electron chi connectivity index (χ3n) is 9.02. The molecular formula is C39H45N5O. The molecule has 232 valence electrons. The van der Waals surface area contributed by atoms with Gasteiger partial charge in [-0.1, -0.05) is 97.4 Å². The number of rotatable bonds is 12. The number of benzene rings is 4. The maximum Gasteiger partial charge on any atom is 0.222 e. The van der Waals surface area contributed by atoms with Crippen molar-refractivity contribution in [2.75, 3.05) is 38.1 Å². The van der Waals surface area contributed by atoms with E-state index in [0.29, 0.717) is 13.0 Å². The molecular weight excluding hydrogens is 554 g/mol. The summed E-state index contributed by atoms with van der Waals surface area (Å²) in [4.78, 5) is 25.9. The molecule has 0 radical (unpaired) electrons.